The number of esters is 1. The summed E-state index contributed by atoms with van der Waals surface area (Å²) in [5, 5.41) is 2.64. The predicted molar refractivity (Wildman–Crippen MR) is 98.6 cm³/mol. The van der Waals surface area contributed by atoms with E-state index < -0.39 is 10.0 Å². The maximum Gasteiger partial charge on any atom is 0.315 e. The molecule has 1 aromatic rings. The minimum atomic E-state index is -3.62. The van der Waals surface area contributed by atoms with E-state index in [0.717, 1.165) is 11.8 Å². The van der Waals surface area contributed by atoms with Gasteiger partial charge in [0.05, 0.1) is 36.2 Å². The lowest BCUT2D eigenvalue weighted by Gasteiger charge is -2.26. The number of morpholine rings is 1. The summed E-state index contributed by atoms with van der Waals surface area (Å²) >= 11 is 1.13. The Kier molecular flexibility index (Phi) is 7.88. The van der Waals surface area contributed by atoms with Gasteiger partial charge >= 0.3 is 5.97 Å². The van der Waals surface area contributed by atoms with Crippen molar-refractivity contribution < 1.29 is 27.5 Å². The van der Waals surface area contributed by atoms with Crippen molar-refractivity contribution in [2.24, 2.45) is 0 Å². The molecule has 1 amide bonds. The zero-order valence-corrected chi connectivity index (χ0v) is 16.1. The largest absolute Gasteiger partial charge is 0.465 e. The van der Waals surface area contributed by atoms with E-state index in [-0.39, 0.29) is 28.3 Å². The number of hydrogen-bond acceptors (Lipinski definition) is 7. The van der Waals surface area contributed by atoms with Crippen LogP contribution in [0.2, 0.25) is 0 Å². The molecule has 0 atom stereocenters. The maximum absolute atomic E-state index is 12.6. The zero-order valence-electron chi connectivity index (χ0n) is 14.5. The van der Waals surface area contributed by atoms with Crippen LogP contribution in [-0.2, 0) is 29.1 Å². The third kappa shape index (κ3) is 5.97. The van der Waals surface area contributed by atoms with Crippen LogP contribution >= 0.6 is 11.8 Å². The van der Waals surface area contributed by atoms with Gasteiger partial charge in [-0.1, -0.05) is 6.07 Å². The topological polar surface area (TPSA) is 102 Å². The van der Waals surface area contributed by atoms with Crippen LogP contribution in [-0.4, -0.2) is 69.0 Å². The van der Waals surface area contributed by atoms with Crippen LogP contribution in [0.3, 0.4) is 0 Å². The van der Waals surface area contributed by atoms with Crippen LogP contribution < -0.4 is 5.32 Å². The number of carbonyl (C=O) groups is 2. The molecule has 1 aliphatic rings. The summed E-state index contributed by atoms with van der Waals surface area (Å²) in [6, 6.07) is 6.12. The summed E-state index contributed by atoms with van der Waals surface area (Å²) in [6.45, 7) is 3.37. The number of nitrogens with one attached hydrogen (secondary N) is 1. The average molecular weight is 402 g/mol. The minimum absolute atomic E-state index is 0.0687. The smallest absolute Gasteiger partial charge is 0.315 e. The number of sulfonamides is 1. The molecule has 1 N–H and O–H groups in total. The van der Waals surface area contributed by atoms with E-state index in [1.807, 2.05) is 0 Å². The Morgan fingerprint density at radius 2 is 2.00 bits per heavy atom. The summed E-state index contributed by atoms with van der Waals surface area (Å²) in [5.74, 6) is -0.532. The van der Waals surface area contributed by atoms with Crippen molar-refractivity contribution in [3.63, 3.8) is 0 Å². The molecule has 0 aliphatic carbocycles. The molecule has 1 heterocycles. The molecule has 10 heteroatoms. The first-order valence-electron chi connectivity index (χ1n) is 8.14. The van der Waals surface area contributed by atoms with Crippen LogP contribution in [0.15, 0.2) is 29.2 Å². The molecule has 1 aliphatic heterocycles. The molecule has 2 rings (SSSR count). The maximum atomic E-state index is 12.6. The molecule has 8 nitrogen and oxygen atoms in total. The van der Waals surface area contributed by atoms with Gasteiger partial charge in [0.15, 0.2) is 0 Å². The quantitative estimate of drug-likeness (QED) is 0.646. The minimum Gasteiger partial charge on any atom is -0.465 e. The van der Waals surface area contributed by atoms with Crippen molar-refractivity contribution >= 4 is 39.3 Å². The van der Waals surface area contributed by atoms with E-state index in [0.29, 0.717) is 38.6 Å². The first-order chi connectivity index (χ1) is 12.4. The van der Waals surface area contributed by atoms with E-state index in [1.165, 1.54) is 16.4 Å². The summed E-state index contributed by atoms with van der Waals surface area (Å²) in [6.07, 6.45) is 0. The Labute approximate surface area is 157 Å². The number of anilines is 1. The molecule has 0 aromatic heterocycles. The summed E-state index contributed by atoms with van der Waals surface area (Å²) < 4.78 is 36.6. The molecule has 1 aromatic carbocycles. The SMILES string of the molecule is CCOC(=O)CSCC(=O)Nc1cccc(S(=O)(=O)N2CCOCC2)c1. The number of nitrogens with zero attached hydrogens (tertiary/aromatic N) is 1. The highest BCUT2D eigenvalue weighted by molar-refractivity contribution is 8.00. The third-order valence-corrected chi connectivity index (χ3v) is 6.28. The molecule has 26 heavy (non-hydrogen) atoms. The number of amides is 1. The Morgan fingerprint density at radius 3 is 2.69 bits per heavy atom. The first-order valence-corrected chi connectivity index (χ1v) is 10.7. The highest BCUT2D eigenvalue weighted by Gasteiger charge is 2.26. The Hall–Kier alpha value is -1.62. The van der Waals surface area contributed by atoms with Gasteiger partial charge in [0.2, 0.25) is 15.9 Å². The van der Waals surface area contributed by atoms with Gasteiger partial charge in [-0.15, -0.1) is 11.8 Å². The van der Waals surface area contributed by atoms with Crippen molar-refractivity contribution in [3.05, 3.63) is 24.3 Å². The van der Waals surface area contributed by atoms with Crippen molar-refractivity contribution in [3.8, 4) is 0 Å². The molecule has 0 spiro atoms. The molecule has 1 saturated heterocycles. The van der Waals surface area contributed by atoms with Gasteiger partial charge in [0, 0.05) is 18.8 Å². The van der Waals surface area contributed by atoms with E-state index >= 15 is 0 Å². The molecule has 144 valence electrons. The van der Waals surface area contributed by atoms with Crippen molar-refractivity contribution in [2.75, 3.05) is 49.7 Å². The van der Waals surface area contributed by atoms with Crippen LogP contribution in [0.25, 0.3) is 0 Å². The van der Waals surface area contributed by atoms with Crippen LogP contribution in [0.1, 0.15) is 6.92 Å². The van der Waals surface area contributed by atoms with Gasteiger partial charge in [-0.2, -0.15) is 4.31 Å². The van der Waals surface area contributed by atoms with Gasteiger partial charge < -0.3 is 14.8 Å². The molecular formula is C16H22N2O6S2. The Morgan fingerprint density at radius 1 is 1.27 bits per heavy atom. The molecule has 1 fully saturated rings. The fourth-order valence-corrected chi connectivity index (χ4v) is 4.36. The Bertz CT molecular complexity index is 732. The molecule has 0 bridgehead atoms. The van der Waals surface area contributed by atoms with Crippen LogP contribution in [0.4, 0.5) is 5.69 Å². The fraction of sp³-hybridized carbons (Fsp3) is 0.500. The van der Waals surface area contributed by atoms with E-state index in [1.54, 1.807) is 19.1 Å². The highest BCUT2D eigenvalue weighted by atomic mass is 32.2. The van der Waals surface area contributed by atoms with Crippen LogP contribution in [0, 0.1) is 0 Å². The zero-order chi connectivity index (χ0) is 19.0. The molecule has 0 saturated carbocycles. The van der Waals surface area contributed by atoms with E-state index in [9.17, 15) is 18.0 Å². The number of carbonyl (C=O) groups excluding carboxylic acids is 2. The summed E-state index contributed by atoms with van der Waals surface area (Å²) in [4.78, 5) is 23.3. The predicted octanol–water partition coefficient (Wildman–Crippen LogP) is 0.942. The number of hydrogen-bond donors (Lipinski definition) is 1. The van der Waals surface area contributed by atoms with Crippen LogP contribution in [0.5, 0.6) is 0 Å². The lowest BCUT2D eigenvalue weighted by atomic mass is 10.3. The van der Waals surface area contributed by atoms with E-state index in [4.69, 9.17) is 9.47 Å². The molecule has 0 radical (unpaired) electrons. The Balaban J connectivity index is 1.94. The van der Waals surface area contributed by atoms with Gasteiger partial charge in [0.1, 0.15) is 0 Å². The standard InChI is InChI=1S/C16H22N2O6S2/c1-2-24-16(20)12-25-11-15(19)17-13-4-3-5-14(10-13)26(21,22)18-6-8-23-9-7-18/h3-5,10H,2,6-9,11-12H2,1H3,(H,17,19). The summed E-state index contributed by atoms with van der Waals surface area (Å²) in [5.41, 5.74) is 0.390. The second-order valence-electron chi connectivity index (χ2n) is 5.39. The van der Waals surface area contributed by atoms with E-state index in [2.05, 4.69) is 5.32 Å². The number of benzene rings is 1. The number of thioether (sulfide) groups is 1. The first kappa shape index (κ1) is 20.7. The van der Waals surface area contributed by atoms with Gasteiger partial charge in [-0.3, -0.25) is 9.59 Å². The lowest BCUT2D eigenvalue weighted by Crippen LogP contribution is -2.40. The third-order valence-electron chi connectivity index (χ3n) is 3.48. The van der Waals surface area contributed by atoms with Gasteiger partial charge in [-0.05, 0) is 25.1 Å². The van der Waals surface area contributed by atoms with Gasteiger partial charge in [0.25, 0.3) is 0 Å². The second-order valence-corrected chi connectivity index (χ2v) is 8.31. The average Bonchev–Trinajstić information content (AvgIpc) is 2.63. The van der Waals surface area contributed by atoms with Gasteiger partial charge in [-0.25, -0.2) is 8.42 Å². The monoisotopic (exact) mass is 402 g/mol. The lowest BCUT2D eigenvalue weighted by molar-refractivity contribution is -0.139. The van der Waals surface area contributed by atoms with Crippen molar-refractivity contribution in [2.45, 2.75) is 11.8 Å². The number of ether oxygens (including phenoxy) is 2. The highest BCUT2D eigenvalue weighted by Crippen LogP contribution is 2.20. The van der Waals surface area contributed by atoms with Crippen molar-refractivity contribution in [1.29, 1.82) is 0 Å². The number of rotatable bonds is 8. The fourth-order valence-electron chi connectivity index (χ4n) is 2.30. The molecule has 0 unspecified atom stereocenters. The van der Waals surface area contributed by atoms with Crippen molar-refractivity contribution in [1.82, 2.24) is 4.31 Å². The normalized spacial score (nSPS) is 15.4. The molecular weight excluding hydrogens is 380 g/mol. The second kappa shape index (κ2) is 9.91. The summed E-state index contributed by atoms with van der Waals surface area (Å²) in [7, 11) is -3.62.